The topological polar surface area (TPSA) is 22.0 Å². The van der Waals surface area contributed by atoms with Crippen molar-refractivity contribution in [1.29, 1.82) is 0 Å². The largest absolute Gasteiger partial charge is 0.350 e. The third kappa shape index (κ3) is 1.48. The first-order valence-electron chi connectivity index (χ1n) is 4.94. The molecule has 0 radical (unpaired) electrons. The van der Waals surface area contributed by atoms with Crippen molar-refractivity contribution in [3.05, 3.63) is 42.1 Å². The number of rotatable bonds is 2. The number of aromatic nitrogens is 1. The normalized spacial score (nSPS) is 12.0. The zero-order chi connectivity index (χ0) is 10.8. The molecule has 76 valence electrons. The van der Waals surface area contributed by atoms with Gasteiger partial charge in [-0.25, -0.2) is 0 Å². The Morgan fingerprint density at radius 3 is 2.73 bits per heavy atom. The molecule has 0 unspecified atom stereocenters. The maximum Gasteiger partial charge on any atom is 0.150 e. The number of hydrogen-bond donors (Lipinski definition) is 0. The van der Waals surface area contributed by atoms with Crippen molar-refractivity contribution in [1.82, 2.24) is 4.57 Å². The standard InChI is InChI=1S/C13H13NO/c1-3-10(9-15)12-8-14(2)13-7-5-4-6-11(12)13/h3-9H,1-2H3/b10-3-. The van der Waals surface area contributed by atoms with Gasteiger partial charge < -0.3 is 4.57 Å². The molecule has 0 fully saturated rings. The molecule has 2 aromatic rings. The lowest BCUT2D eigenvalue weighted by molar-refractivity contribution is -0.103. The zero-order valence-electron chi connectivity index (χ0n) is 8.90. The van der Waals surface area contributed by atoms with Crippen LogP contribution in [-0.2, 0) is 11.8 Å². The minimum absolute atomic E-state index is 0.742. The Morgan fingerprint density at radius 1 is 1.33 bits per heavy atom. The van der Waals surface area contributed by atoms with E-state index in [4.69, 9.17) is 0 Å². The van der Waals surface area contributed by atoms with E-state index in [9.17, 15) is 4.79 Å². The van der Waals surface area contributed by atoms with Gasteiger partial charge in [-0.1, -0.05) is 24.3 Å². The average molecular weight is 199 g/mol. The Morgan fingerprint density at radius 2 is 2.07 bits per heavy atom. The fraction of sp³-hybridized carbons (Fsp3) is 0.154. The molecule has 0 aliphatic rings. The number of hydrogen-bond acceptors (Lipinski definition) is 1. The van der Waals surface area contributed by atoms with E-state index in [1.54, 1.807) is 0 Å². The maximum absolute atomic E-state index is 10.9. The summed E-state index contributed by atoms with van der Waals surface area (Å²) in [6, 6.07) is 8.08. The minimum atomic E-state index is 0.742. The fourth-order valence-corrected chi connectivity index (χ4v) is 1.86. The van der Waals surface area contributed by atoms with Gasteiger partial charge in [0.25, 0.3) is 0 Å². The summed E-state index contributed by atoms with van der Waals surface area (Å²) < 4.78 is 2.04. The predicted octanol–water partition coefficient (Wildman–Crippen LogP) is 2.78. The molecule has 2 nitrogen and oxygen atoms in total. The third-order valence-corrected chi connectivity index (χ3v) is 2.65. The van der Waals surface area contributed by atoms with Crippen LogP contribution in [0.2, 0.25) is 0 Å². The van der Waals surface area contributed by atoms with E-state index in [2.05, 4.69) is 6.07 Å². The van der Waals surface area contributed by atoms with Crippen LogP contribution in [0.25, 0.3) is 16.5 Å². The van der Waals surface area contributed by atoms with Gasteiger partial charge in [0.15, 0.2) is 0 Å². The smallest absolute Gasteiger partial charge is 0.150 e. The van der Waals surface area contributed by atoms with Crippen LogP contribution in [0.4, 0.5) is 0 Å². The highest BCUT2D eigenvalue weighted by Crippen LogP contribution is 2.25. The predicted molar refractivity (Wildman–Crippen MR) is 62.6 cm³/mol. The minimum Gasteiger partial charge on any atom is -0.350 e. The van der Waals surface area contributed by atoms with E-state index in [0.717, 1.165) is 28.3 Å². The number of aryl methyl sites for hydroxylation is 1. The second kappa shape index (κ2) is 3.73. The van der Waals surface area contributed by atoms with Crippen molar-refractivity contribution in [3.8, 4) is 0 Å². The Labute approximate surface area is 88.8 Å². The van der Waals surface area contributed by atoms with Crippen LogP contribution in [-0.4, -0.2) is 10.9 Å². The van der Waals surface area contributed by atoms with E-state index in [-0.39, 0.29) is 0 Å². The molecule has 1 heterocycles. The van der Waals surface area contributed by atoms with Crippen molar-refractivity contribution < 1.29 is 4.79 Å². The SMILES string of the molecule is C/C=C(/C=O)c1cn(C)c2ccccc12. The van der Waals surface area contributed by atoms with E-state index in [0.29, 0.717) is 0 Å². The molecule has 0 saturated carbocycles. The van der Waals surface area contributed by atoms with E-state index in [1.807, 2.05) is 49.0 Å². The molecular weight excluding hydrogens is 186 g/mol. The van der Waals surface area contributed by atoms with Gasteiger partial charge in [0.05, 0.1) is 0 Å². The third-order valence-electron chi connectivity index (χ3n) is 2.65. The van der Waals surface area contributed by atoms with Crippen LogP contribution in [0.1, 0.15) is 12.5 Å². The number of allylic oxidation sites excluding steroid dienone is 2. The van der Waals surface area contributed by atoms with Crippen LogP contribution in [0.5, 0.6) is 0 Å². The Balaban J connectivity index is 2.77. The Bertz CT molecular complexity index is 534. The molecule has 2 heteroatoms. The molecule has 0 spiro atoms. The summed E-state index contributed by atoms with van der Waals surface area (Å²) in [5.41, 5.74) is 2.89. The summed E-state index contributed by atoms with van der Waals surface area (Å²) in [5.74, 6) is 0. The van der Waals surface area contributed by atoms with Gasteiger partial charge in [-0.3, -0.25) is 4.79 Å². The molecule has 15 heavy (non-hydrogen) atoms. The van der Waals surface area contributed by atoms with Crippen LogP contribution < -0.4 is 0 Å². The number of para-hydroxylation sites is 1. The van der Waals surface area contributed by atoms with Gasteiger partial charge in [0.1, 0.15) is 6.29 Å². The first-order chi connectivity index (χ1) is 7.27. The second-order valence-electron chi connectivity index (χ2n) is 3.53. The van der Waals surface area contributed by atoms with Gasteiger partial charge in [0.2, 0.25) is 0 Å². The van der Waals surface area contributed by atoms with Gasteiger partial charge in [0, 0.05) is 35.3 Å². The monoisotopic (exact) mass is 199 g/mol. The molecule has 0 bridgehead atoms. The van der Waals surface area contributed by atoms with Gasteiger partial charge in [-0.05, 0) is 13.0 Å². The van der Waals surface area contributed by atoms with Crippen molar-refractivity contribution >= 4 is 22.8 Å². The Kier molecular flexibility index (Phi) is 2.42. The zero-order valence-corrected chi connectivity index (χ0v) is 8.90. The molecule has 1 aromatic heterocycles. The fourth-order valence-electron chi connectivity index (χ4n) is 1.86. The van der Waals surface area contributed by atoms with Crippen LogP contribution in [0.15, 0.2) is 36.5 Å². The van der Waals surface area contributed by atoms with Crippen LogP contribution in [0, 0.1) is 0 Å². The maximum atomic E-state index is 10.9. The highest BCUT2D eigenvalue weighted by atomic mass is 16.1. The number of nitrogens with zero attached hydrogens (tertiary/aromatic N) is 1. The molecule has 0 aliphatic heterocycles. The lowest BCUT2D eigenvalue weighted by atomic mass is 10.1. The number of aldehydes is 1. The average Bonchev–Trinajstić information content (AvgIpc) is 2.60. The molecular formula is C13H13NO. The molecule has 0 amide bonds. The van der Waals surface area contributed by atoms with Crippen molar-refractivity contribution in [2.45, 2.75) is 6.92 Å². The second-order valence-corrected chi connectivity index (χ2v) is 3.53. The highest BCUT2D eigenvalue weighted by molar-refractivity contribution is 6.12. The molecule has 0 atom stereocenters. The molecule has 2 rings (SSSR count). The summed E-state index contributed by atoms with van der Waals surface area (Å²) in [5, 5.41) is 1.13. The van der Waals surface area contributed by atoms with E-state index >= 15 is 0 Å². The summed E-state index contributed by atoms with van der Waals surface area (Å²) in [6.45, 7) is 1.88. The molecule has 0 saturated heterocycles. The van der Waals surface area contributed by atoms with Crippen molar-refractivity contribution in [3.63, 3.8) is 0 Å². The Hall–Kier alpha value is -1.83. The number of benzene rings is 1. The number of carbonyl (C=O) groups is 1. The lowest BCUT2D eigenvalue weighted by Crippen LogP contribution is -1.83. The number of fused-ring (bicyclic) bond motifs is 1. The van der Waals surface area contributed by atoms with Crippen molar-refractivity contribution in [2.75, 3.05) is 0 Å². The van der Waals surface area contributed by atoms with Crippen LogP contribution >= 0.6 is 0 Å². The first-order valence-corrected chi connectivity index (χ1v) is 4.94. The molecule has 0 N–H and O–H groups in total. The summed E-state index contributed by atoms with van der Waals surface area (Å²) >= 11 is 0. The summed E-state index contributed by atoms with van der Waals surface area (Å²) in [4.78, 5) is 10.9. The van der Waals surface area contributed by atoms with Gasteiger partial charge in [-0.2, -0.15) is 0 Å². The molecule has 0 aliphatic carbocycles. The quantitative estimate of drug-likeness (QED) is 0.538. The summed E-state index contributed by atoms with van der Waals surface area (Å²) in [6.07, 6.45) is 4.74. The highest BCUT2D eigenvalue weighted by Gasteiger charge is 2.08. The lowest BCUT2D eigenvalue weighted by Gasteiger charge is -1.95. The van der Waals surface area contributed by atoms with Crippen molar-refractivity contribution in [2.24, 2.45) is 7.05 Å². The van der Waals surface area contributed by atoms with Crippen LogP contribution in [0.3, 0.4) is 0 Å². The van der Waals surface area contributed by atoms with Gasteiger partial charge in [-0.15, -0.1) is 0 Å². The van der Waals surface area contributed by atoms with E-state index in [1.165, 1.54) is 0 Å². The number of carbonyl (C=O) groups excluding carboxylic acids is 1. The van der Waals surface area contributed by atoms with Gasteiger partial charge >= 0.3 is 0 Å². The summed E-state index contributed by atoms with van der Waals surface area (Å²) in [7, 11) is 1.99. The molecule has 1 aromatic carbocycles. The first kappa shape index (κ1) is 9.71. The van der Waals surface area contributed by atoms with E-state index < -0.39 is 0 Å².